The molecule has 0 aliphatic heterocycles. The summed E-state index contributed by atoms with van der Waals surface area (Å²) in [5, 5.41) is 9.07. The minimum absolute atomic E-state index is 0.187. The van der Waals surface area contributed by atoms with E-state index >= 15 is 0 Å². The highest BCUT2D eigenvalue weighted by molar-refractivity contribution is 5.53. The van der Waals surface area contributed by atoms with Crippen molar-refractivity contribution >= 4 is 6.21 Å². The van der Waals surface area contributed by atoms with E-state index in [-0.39, 0.29) is 6.04 Å². The molecule has 0 heterocycles. The Kier molecular flexibility index (Phi) is 3.28. The number of rotatable bonds is 2. The molecule has 0 aliphatic carbocycles. The van der Waals surface area contributed by atoms with Crippen LogP contribution in [0.4, 0.5) is 0 Å². The van der Waals surface area contributed by atoms with Gasteiger partial charge in [-0.05, 0) is 4.74 Å². The largest absolute Gasteiger partial charge is 0.291 e. The minimum Gasteiger partial charge on any atom is -0.291 e. The van der Waals surface area contributed by atoms with Gasteiger partial charge in [0.1, 0.15) is 0 Å². The molecule has 0 aromatic carbocycles. The van der Waals surface area contributed by atoms with Crippen LogP contribution in [0.2, 0.25) is 0 Å². The van der Waals surface area contributed by atoms with E-state index in [4.69, 9.17) is 5.21 Å². The maximum absolute atomic E-state index is 9.07. The van der Waals surface area contributed by atoms with Crippen molar-refractivity contribution in [1.29, 1.82) is 0 Å². The third-order valence-corrected chi connectivity index (χ3v) is 0.980. The molecular formula is C7H16NO+. The summed E-state index contributed by atoms with van der Waals surface area (Å²) in [7, 11) is 0. The molecule has 1 N–H and O–H groups in total. The first-order chi connectivity index (χ1) is 4.04. The van der Waals surface area contributed by atoms with Gasteiger partial charge < -0.3 is 0 Å². The van der Waals surface area contributed by atoms with E-state index < -0.39 is 0 Å². The third kappa shape index (κ3) is 4.01. The van der Waals surface area contributed by atoms with Gasteiger partial charge in [-0.15, -0.1) is 0 Å². The molecule has 0 bridgehead atoms. The van der Waals surface area contributed by atoms with Gasteiger partial charge in [-0.2, -0.15) is 0 Å². The van der Waals surface area contributed by atoms with Crippen LogP contribution in [0.15, 0.2) is 0 Å². The molecule has 0 aromatic rings. The fourth-order valence-electron chi connectivity index (χ4n) is 0.478. The molecule has 0 radical (unpaired) electrons. The highest BCUT2D eigenvalue weighted by Gasteiger charge is 2.06. The summed E-state index contributed by atoms with van der Waals surface area (Å²) in [4.78, 5) is 0. The molecule has 9 heavy (non-hydrogen) atoms. The van der Waals surface area contributed by atoms with Gasteiger partial charge in [0, 0.05) is 19.8 Å². The van der Waals surface area contributed by atoms with Crippen LogP contribution in [-0.2, 0) is 0 Å². The Bertz CT molecular complexity index is 105. The highest BCUT2D eigenvalue weighted by Crippen LogP contribution is 1.88. The quantitative estimate of drug-likeness (QED) is 0.260. The second-order valence-corrected chi connectivity index (χ2v) is 2.87. The summed E-state index contributed by atoms with van der Waals surface area (Å²) in [6, 6.07) is 0.187. The van der Waals surface area contributed by atoms with Gasteiger partial charge in [-0.25, -0.2) is 0 Å². The minimum atomic E-state index is 0.187. The summed E-state index contributed by atoms with van der Waals surface area (Å²) < 4.78 is 1.24. The molecule has 0 rings (SSSR count). The molecule has 0 atom stereocenters. The number of hydrogen-bond acceptors (Lipinski definition) is 1. The SMILES string of the molecule is CC(C)/C=[N+](/O)C(C)C. The van der Waals surface area contributed by atoms with Gasteiger partial charge in [-0.3, -0.25) is 5.21 Å². The van der Waals surface area contributed by atoms with E-state index in [1.807, 2.05) is 27.7 Å². The summed E-state index contributed by atoms with van der Waals surface area (Å²) in [5.41, 5.74) is 0. The van der Waals surface area contributed by atoms with Crippen molar-refractivity contribution in [3.05, 3.63) is 0 Å². The molecule has 0 saturated heterocycles. The molecular weight excluding hydrogens is 114 g/mol. The molecule has 2 nitrogen and oxygen atoms in total. The van der Waals surface area contributed by atoms with Crippen LogP contribution >= 0.6 is 0 Å². The van der Waals surface area contributed by atoms with Crippen LogP contribution in [0.5, 0.6) is 0 Å². The molecule has 0 spiro atoms. The van der Waals surface area contributed by atoms with Crippen molar-refractivity contribution < 1.29 is 9.95 Å². The fourth-order valence-corrected chi connectivity index (χ4v) is 0.478. The van der Waals surface area contributed by atoms with Crippen LogP contribution in [0.1, 0.15) is 27.7 Å². The molecule has 0 unspecified atom stereocenters. The Morgan fingerprint density at radius 1 is 1.22 bits per heavy atom. The lowest BCUT2D eigenvalue weighted by Crippen LogP contribution is -2.19. The second-order valence-electron chi connectivity index (χ2n) is 2.87. The van der Waals surface area contributed by atoms with Crippen molar-refractivity contribution in [2.24, 2.45) is 5.92 Å². The Balaban J connectivity index is 3.84. The summed E-state index contributed by atoms with van der Waals surface area (Å²) in [6.45, 7) is 7.95. The van der Waals surface area contributed by atoms with E-state index in [1.165, 1.54) is 4.74 Å². The summed E-state index contributed by atoms with van der Waals surface area (Å²) >= 11 is 0. The van der Waals surface area contributed by atoms with Crippen LogP contribution in [0, 0.1) is 5.92 Å². The Morgan fingerprint density at radius 3 is 1.78 bits per heavy atom. The van der Waals surface area contributed by atoms with Gasteiger partial charge in [0.25, 0.3) is 0 Å². The predicted molar refractivity (Wildman–Crippen MR) is 38.1 cm³/mol. The van der Waals surface area contributed by atoms with Crippen molar-refractivity contribution in [1.82, 2.24) is 0 Å². The number of hydroxylamine groups is 1. The van der Waals surface area contributed by atoms with Gasteiger partial charge in [0.15, 0.2) is 12.3 Å². The first kappa shape index (κ1) is 8.47. The molecule has 0 amide bonds. The van der Waals surface area contributed by atoms with Crippen molar-refractivity contribution in [2.45, 2.75) is 33.7 Å². The Morgan fingerprint density at radius 2 is 1.67 bits per heavy atom. The first-order valence-corrected chi connectivity index (χ1v) is 3.36. The van der Waals surface area contributed by atoms with E-state index in [9.17, 15) is 0 Å². The maximum Gasteiger partial charge on any atom is 0.196 e. The lowest BCUT2D eigenvalue weighted by atomic mass is 10.2. The van der Waals surface area contributed by atoms with E-state index in [2.05, 4.69) is 0 Å². The van der Waals surface area contributed by atoms with Crippen LogP contribution in [-0.4, -0.2) is 22.2 Å². The van der Waals surface area contributed by atoms with Crippen LogP contribution in [0.25, 0.3) is 0 Å². The number of hydrogen-bond donors (Lipinski definition) is 1. The van der Waals surface area contributed by atoms with E-state index in [1.54, 1.807) is 6.21 Å². The lowest BCUT2D eigenvalue weighted by Gasteiger charge is -1.96. The lowest BCUT2D eigenvalue weighted by molar-refractivity contribution is -0.793. The fraction of sp³-hybridized carbons (Fsp3) is 0.857. The Labute approximate surface area is 56.8 Å². The molecule has 54 valence electrons. The maximum atomic E-state index is 9.07. The molecule has 0 fully saturated rings. The van der Waals surface area contributed by atoms with Crippen LogP contribution < -0.4 is 0 Å². The predicted octanol–water partition coefficient (Wildman–Crippen LogP) is 1.52. The molecule has 0 aliphatic rings. The molecule has 2 heteroatoms. The highest BCUT2D eigenvalue weighted by atomic mass is 16.5. The van der Waals surface area contributed by atoms with Crippen molar-refractivity contribution in [2.75, 3.05) is 0 Å². The Hall–Kier alpha value is -0.530. The first-order valence-electron chi connectivity index (χ1n) is 3.36. The monoisotopic (exact) mass is 130 g/mol. The molecule has 0 aromatic heterocycles. The van der Waals surface area contributed by atoms with Gasteiger partial charge in [0.2, 0.25) is 0 Å². The normalized spacial score (nSPS) is 13.3. The van der Waals surface area contributed by atoms with Gasteiger partial charge in [0.05, 0.1) is 0 Å². The average Bonchev–Trinajstić information content (AvgIpc) is 1.63. The summed E-state index contributed by atoms with van der Waals surface area (Å²) in [6.07, 6.45) is 1.80. The number of nitrogens with zero attached hydrogens (tertiary/aromatic N) is 1. The average molecular weight is 130 g/mol. The second kappa shape index (κ2) is 3.49. The van der Waals surface area contributed by atoms with E-state index in [0.717, 1.165) is 0 Å². The molecule has 0 saturated carbocycles. The zero-order chi connectivity index (χ0) is 7.44. The van der Waals surface area contributed by atoms with Crippen LogP contribution in [0.3, 0.4) is 0 Å². The third-order valence-electron chi connectivity index (χ3n) is 0.980. The zero-order valence-electron chi connectivity index (χ0n) is 6.63. The topological polar surface area (TPSA) is 23.2 Å². The summed E-state index contributed by atoms with van der Waals surface area (Å²) in [5.74, 6) is 0.414. The van der Waals surface area contributed by atoms with E-state index in [0.29, 0.717) is 5.92 Å². The standard InChI is InChI=1S/C7H16NO/c1-6(2)5-8(9)7(3)4/h5-7,9H,1-4H3/q+1/b8-5+. The van der Waals surface area contributed by atoms with Crippen molar-refractivity contribution in [3.63, 3.8) is 0 Å². The zero-order valence-corrected chi connectivity index (χ0v) is 6.63. The van der Waals surface area contributed by atoms with Gasteiger partial charge in [-0.1, -0.05) is 13.8 Å². The van der Waals surface area contributed by atoms with Gasteiger partial charge >= 0.3 is 0 Å². The smallest absolute Gasteiger partial charge is 0.196 e. The van der Waals surface area contributed by atoms with Crippen molar-refractivity contribution in [3.8, 4) is 0 Å².